The van der Waals surface area contributed by atoms with Crippen LogP contribution < -0.4 is 10.6 Å². The molecule has 1 saturated heterocycles. The van der Waals surface area contributed by atoms with Gasteiger partial charge in [-0.15, -0.1) is 0 Å². The van der Waals surface area contributed by atoms with Crippen molar-refractivity contribution in [2.75, 3.05) is 31.6 Å². The highest BCUT2D eigenvalue weighted by Crippen LogP contribution is 2.24. The van der Waals surface area contributed by atoms with E-state index >= 15 is 0 Å². The lowest BCUT2D eigenvalue weighted by Crippen LogP contribution is -2.33. The van der Waals surface area contributed by atoms with Gasteiger partial charge in [0.2, 0.25) is 0 Å². The number of hydrogen-bond acceptors (Lipinski definition) is 5. The minimum Gasteiger partial charge on any atom is -0.469 e. The van der Waals surface area contributed by atoms with Crippen molar-refractivity contribution in [2.45, 2.75) is 6.42 Å². The number of anilines is 1. The van der Waals surface area contributed by atoms with Crippen LogP contribution in [0.25, 0.3) is 11.3 Å². The summed E-state index contributed by atoms with van der Waals surface area (Å²) in [4.78, 5) is 31.4. The molecule has 3 rings (SSSR count). The van der Waals surface area contributed by atoms with Crippen molar-refractivity contribution in [3.05, 3.63) is 48.2 Å². The van der Waals surface area contributed by atoms with Gasteiger partial charge < -0.3 is 15.4 Å². The third-order valence-corrected chi connectivity index (χ3v) is 4.46. The largest absolute Gasteiger partial charge is 0.469 e. The van der Waals surface area contributed by atoms with E-state index in [0.717, 1.165) is 16.9 Å². The quantitative estimate of drug-likeness (QED) is 0.459. The average Bonchev–Trinajstić information content (AvgIpc) is 3.06. The van der Waals surface area contributed by atoms with Crippen molar-refractivity contribution < 1.29 is 14.3 Å². The van der Waals surface area contributed by atoms with Gasteiger partial charge in [-0.3, -0.25) is 20.1 Å². The summed E-state index contributed by atoms with van der Waals surface area (Å²) in [6.45, 7) is 1.50. The van der Waals surface area contributed by atoms with E-state index in [1.807, 2.05) is 24.3 Å². The molecule has 1 fully saturated rings. The van der Waals surface area contributed by atoms with E-state index in [2.05, 4.69) is 9.72 Å². The monoisotopic (exact) mass is 367 g/mol. The summed E-state index contributed by atoms with van der Waals surface area (Å²) < 4.78 is 4.62. The molecule has 1 aromatic carbocycles. The van der Waals surface area contributed by atoms with Crippen molar-refractivity contribution >= 4 is 23.5 Å². The highest BCUT2D eigenvalue weighted by atomic mass is 16.5. The topological polar surface area (TPSA) is 113 Å². The molecule has 0 atom stereocenters. The van der Waals surface area contributed by atoms with E-state index in [1.54, 1.807) is 28.1 Å². The first-order chi connectivity index (χ1) is 13.0. The summed E-state index contributed by atoms with van der Waals surface area (Å²) in [6, 6.07) is 11.0. The van der Waals surface area contributed by atoms with Crippen molar-refractivity contribution in [1.29, 1.82) is 5.41 Å². The number of benzene rings is 1. The summed E-state index contributed by atoms with van der Waals surface area (Å²) in [7, 11) is 1.34. The molecule has 0 spiro atoms. The van der Waals surface area contributed by atoms with E-state index in [0.29, 0.717) is 25.2 Å². The van der Waals surface area contributed by atoms with Gasteiger partial charge in [-0.1, -0.05) is 12.1 Å². The Kier molecular flexibility index (Phi) is 5.35. The summed E-state index contributed by atoms with van der Waals surface area (Å²) in [6.07, 6.45) is 1.76. The van der Waals surface area contributed by atoms with Crippen LogP contribution in [0.15, 0.2) is 42.6 Å². The maximum atomic E-state index is 12.5. The number of esters is 1. The van der Waals surface area contributed by atoms with Gasteiger partial charge in [0.05, 0.1) is 19.2 Å². The average molecular weight is 367 g/mol. The van der Waals surface area contributed by atoms with Gasteiger partial charge in [0.15, 0.2) is 0 Å². The molecule has 3 N–H and O–H groups in total. The molecule has 140 valence electrons. The molecule has 27 heavy (non-hydrogen) atoms. The Morgan fingerprint density at radius 1 is 1.22 bits per heavy atom. The van der Waals surface area contributed by atoms with E-state index in [1.165, 1.54) is 7.11 Å². The molecular formula is C19H21N5O3. The number of nitrogens with zero attached hydrogens (tertiary/aromatic N) is 3. The molecule has 2 amide bonds. The van der Waals surface area contributed by atoms with Crippen LogP contribution in [0.2, 0.25) is 0 Å². The molecule has 1 aliphatic rings. The predicted octanol–water partition coefficient (Wildman–Crippen LogP) is 1.84. The highest BCUT2D eigenvalue weighted by Gasteiger charge is 2.29. The number of methoxy groups -OCH3 is 1. The van der Waals surface area contributed by atoms with E-state index in [9.17, 15) is 9.59 Å². The molecule has 8 nitrogen and oxygen atoms in total. The molecule has 0 radical (unpaired) electrons. The van der Waals surface area contributed by atoms with E-state index < -0.39 is 0 Å². The fraction of sp³-hybridized carbons (Fsp3) is 0.263. The van der Waals surface area contributed by atoms with Crippen molar-refractivity contribution in [1.82, 2.24) is 9.88 Å². The van der Waals surface area contributed by atoms with Crippen LogP contribution in [0.3, 0.4) is 0 Å². The Morgan fingerprint density at radius 3 is 2.56 bits per heavy atom. The molecule has 2 aromatic rings. The number of carbonyl (C=O) groups is 2. The fourth-order valence-corrected chi connectivity index (χ4v) is 2.89. The minimum atomic E-state index is -0.325. The summed E-state index contributed by atoms with van der Waals surface area (Å²) in [5.74, 6) is -0.345. The number of rotatable bonds is 6. The highest BCUT2D eigenvalue weighted by molar-refractivity contribution is 5.95. The number of nitrogen functional groups attached to an aromatic ring is 1. The van der Waals surface area contributed by atoms with Gasteiger partial charge in [0.1, 0.15) is 5.84 Å². The zero-order chi connectivity index (χ0) is 19.4. The second-order valence-corrected chi connectivity index (χ2v) is 6.14. The molecule has 0 aliphatic carbocycles. The van der Waals surface area contributed by atoms with Crippen LogP contribution in [0.4, 0.5) is 10.5 Å². The number of aromatic nitrogens is 1. The van der Waals surface area contributed by atoms with Gasteiger partial charge in [0, 0.05) is 42.6 Å². The number of nitrogens with two attached hydrogens (primary N) is 1. The van der Waals surface area contributed by atoms with Gasteiger partial charge in [-0.25, -0.2) is 4.79 Å². The third kappa shape index (κ3) is 4.05. The lowest BCUT2D eigenvalue weighted by atomic mass is 10.1. The first kappa shape index (κ1) is 18.4. The fourth-order valence-electron chi connectivity index (χ4n) is 2.89. The van der Waals surface area contributed by atoms with Crippen LogP contribution in [0.5, 0.6) is 0 Å². The van der Waals surface area contributed by atoms with Crippen molar-refractivity contribution in [3.8, 4) is 11.3 Å². The smallest absolute Gasteiger partial charge is 0.324 e. The number of nitrogens with one attached hydrogen (secondary N) is 1. The maximum Gasteiger partial charge on any atom is 0.324 e. The van der Waals surface area contributed by atoms with Crippen LogP contribution in [0.1, 0.15) is 12.0 Å². The second kappa shape index (κ2) is 7.86. The van der Waals surface area contributed by atoms with Crippen LogP contribution >= 0.6 is 0 Å². The Labute approximate surface area is 157 Å². The molecule has 1 aliphatic heterocycles. The number of urea groups is 1. The first-order valence-electron chi connectivity index (χ1n) is 8.53. The number of amidine groups is 1. The minimum absolute atomic E-state index is 0.0197. The van der Waals surface area contributed by atoms with Crippen LogP contribution in [0, 0.1) is 5.41 Å². The maximum absolute atomic E-state index is 12.5. The van der Waals surface area contributed by atoms with Gasteiger partial charge in [0.25, 0.3) is 0 Å². The lowest BCUT2D eigenvalue weighted by Gasteiger charge is -2.18. The molecule has 0 bridgehead atoms. The number of ether oxygens (including phenoxy) is 1. The Bertz CT molecular complexity index is 849. The van der Waals surface area contributed by atoms with Crippen LogP contribution in [-0.4, -0.2) is 54.5 Å². The zero-order valence-corrected chi connectivity index (χ0v) is 15.0. The zero-order valence-electron chi connectivity index (χ0n) is 15.0. The molecular weight excluding hydrogens is 346 g/mol. The molecule has 0 saturated carbocycles. The first-order valence-corrected chi connectivity index (χ1v) is 8.53. The Balaban J connectivity index is 1.67. The SMILES string of the molecule is COC(=O)CCN1CCN(c2ccc(-c3ccc(C(=N)N)cn3)cc2)C1=O. The Hall–Kier alpha value is -3.42. The predicted molar refractivity (Wildman–Crippen MR) is 102 cm³/mol. The molecule has 0 unspecified atom stereocenters. The third-order valence-electron chi connectivity index (χ3n) is 4.46. The summed E-state index contributed by atoms with van der Waals surface area (Å²) in [5, 5.41) is 7.40. The van der Waals surface area contributed by atoms with E-state index in [-0.39, 0.29) is 24.3 Å². The lowest BCUT2D eigenvalue weighted by molar-refractivity contribution is -0.140. The van der Waals surface area contributed by atoms with Gasteiger partial charge in [-0.05, 0) is 24.3 Å². The molecule has 8 heteroatoms. The summed E-state index contributed by atoms with van der Waals surface area (Å²) >= 11 is 0. The normalized spacial score (nSPS) is 13.7. The number of amides is 2. The van der Waals surface area contributed by atoms with Crippen LogP contribution in [-0.2, 0) is 9.53 Å². The van der Waals surface area contributed by atoms with E-state index in [4.69, 9.17) is 11.1 Å². The Morgan fingerprint density at radius 2 is 1.96 bits per heavy atom. The number of pyridine rings is 1. The van der Waals surface area contributed by atoms with Gasteiger partial charge in [-0.2, -0.15) is 0 Å². The molecule has 1 aromatic heterocycles. The van der Waals surface area contributed by atoms with Crippen molar-refractivity contribution in [3.63, 3.8) is 0 Å². The van der Waals surface area contributed by atoms with Crippen molar-refractivity contribution in [2.24, 2.45) is 5.73 Å². The number of carbonyl (C=O) groups excluding carboxylic acids is 2. The second-order valence-electron chi connectivity index (χ2n) is 6.14. The molecule has 2 heterocycles. The number of hydrogen-bond donors (Lipinski definition) is 2. The standard InChI is InChI=1S/C19H21N5O3/c1-27-17(25)8-9-23-10-11-24(19(23)26)15-5-2-13(3-6-15)16-7-4-14(12-22-16)18(20)21/h2-7,12H,8-11H2,1H3,(H3,20,21). The van der Waals surface area contributed by atoms with Gasteiger partial charge >= 0.3 is 12.0 Å². The summed E-state index contributed by atoms with van der Waals surface area (Å²) in [5.41, 5.74) is 8.48.